The minimum absolute atomic E-state index is 0.0354. The minimum Gasteiger partial charge on any atom is -0.508 e. The molecule has 4 rings (SSSR count). The first-order valence-corrected chi connectivity index (χ1v) is 12.5. The quantitative estimate of drug-likeness (QED) is 0.238. The average molecular weight is 501 g/mol. The average Bonchev–Trinajstić information content (AvgIpc) is 3.18. The Balaban J connectivity index is 1.64. The van der Waals surface area contributed by atoms with Crippen LogP contribution >= 0.6 is 0 Å². The van der Waals surface area contributed by atoms with Crippen LogP contribution in [0.2, 0.25) is 0 Å². The van der Waals surface area contributed by atoms with E-state index >= 15 is 0 Å². The zero-order valence-electron chi connectivity index (χ0n) is 21.1. The Labute approximate surface area is 217 Å². The van der Waals surface area contributed by atoms with Crippen LogP contribution in [-0.2, 0) is 16.2 Å². The van der Waals surface area contributed by atoms with E-state index in [1.54, 1.807) is 36.4 Å². The molecule has 192 valence electrons. The lowest BCUT2D eigenvalue weighted by molar-refractivity contribution is -0.140. The summed E-state index contributed by atoms with van der Waals surface area (Å²) in [7, 11) is 0. The number of carbonyl (C=O) groups excluding carboxylic acids is 2. The lowest BCUT2D eigenvalue weighted by Crippen LogP contribution is -2.38. The maximum absolute atomic E-state index is 13.2. The smallest absolute Gasteiger partial charge is 0.295 e. The van der Waals surface area contributed by atoms with Gasteiger partial charge < -0.3 is 24.7 Å². The van der Waals surface area contributed by atoms with Gasteiger partial charge in [0, 0.05) is 18.7 Å². The third kappa shape index (κ3) is 5.84. The summed E-state index contributed by atoms with van der Waals surface area (Å²) in [6, 6.07) is 22.2. The summed E-state index contributed by atoms with van der Waals surface area (Å²) in [6.45, 7) is 7.07. The molecular formula is C30H32N2O5. The number of likely N-dealkylation sites (tertiary alicyclic amines) is 1. The first-order chi connectivity index (χ1) is 17.9. The highest BCUT2D eigenvalue weighted by Gasteiger charge is 2.45. The lowest BCUT2D eigenvalue weighted by Gasteiger charge is -2.28. The van der Waals surface area contributed by atoms with Gasteiger partial charge in [0.05, 0.1) is 11.6 Å². The molecule has 1 atom stereocenters. The van der Waals surface area contributed by atoms with E-state index in [1.807, 2.05) is 44.2 Å². The van der Waals surface area contributed by atoms with Crippen molar-refractivity contribution >= 4 is 17.4 Å². The van der Waals surface area contributed by atoms with Crippen LogP contribution in [0.5, 0.6) is 11.5 Å². The second-order valence-corrected chi connectivity index (χ2v) is 8.91. The number of rotatable bonds is 10. The van der Waals surface area contributed by atoms with Gasteiger partial charge in [0.25, 0.3) is 11.7 Å². The van der Waals surface area contributed by atoms with Gasteiger partial charge in [-0.1, -0.05) is 56.3 Å². The molecule has 1 heterocycles. The fraction of sp³-hybridized carbons (Fsp3) is 0.267. The van der Waals surface area contributed by atoms with Gasteiger partial charge >= 0.3 is 0 Å². The molecule has 1 saturated heterocycles. The Bertz CT molecular complexity index is 1250. The molecule has 0 bridgehead atoms. The van der Waals surface area contributed by atoms with Crippen LogP contribution in [0.3, 0.4) is 0 Å². The standard InChI is InChI=1S/C30H32N2O5/c1-3-31(4-2)18-19-32-27(22-10-14-24(33)15-11-22)26(29(35)30(32)36)28(34)23-12-16-25(17-13-23)37-20-21-8-6-5-7-9-21/h5-17,27,33-34H,3-4,18-20H2,1-2H3/b28-26+/t27-/m0/s1. The normalized spacial score (nSPS) is 16.9. The van der Waals surface area contributed by atoms with Crippen molar-refractivity contribution in [1.29, 1.82) is 0 Å². The van der Waals surface area contributed by atoms with Gasteiger partial charge in [-0.05, 0) is 60.6 Å². The van der Waals surface area contributed by atoms with E-state index in [2.05, 4.69) is 4.90 Å². The fourth-order valence-electron chi connectivity index (χ4n) is 4.51. The Morgan fingerprint density at radius 3 is 2.19 bits per heavy atom. The summed E-state index contributed by atoms with van der Waals surface area (Å²) in [5.74, 6) is -0.907. The van der Waals surface area contributed by atoms with E-state index < -0.39 is 17.7 Å². The van der Waals surface area contributed by atoms with Crippen molar-refractivity contribution in [2.75, 3.05) is 26.2 Å². The van der Waals surface area contributed by atoms with Gasteiger partial charge in [-0.2, -0.15) is 0 Å². The molecular weight excluding hydrogens is 468 g/mol. The topological polar surface area (TPSA) is 90.3 Å². The molecule has 0 saturated carbocycles. The van der Waals surface area contributed by atoms with Crippen LogP contribution in [0.4, 0.5) is 0 Å². The second-order valence-electron chi connectivity index (χ2n) is 8.91. The summed E-state index contributed by atoms with van der Waals surface area (Å²) in [4.78, 5) is 30.0. The first-order valence-electron chi connectivity index (χ1n) is 12.5. The Morgan fingerprint density at radius 1 is 0.919 bits per heavy atom. The van der Waals surface area contributed by atoms with Crippen molar-refractivity contribution in [3.63, 3.8) is 0 Å². The molecule has 3 aromatic carbocycles. The fourth-order valence-corrected chi connectivity index (χ4v) is 4.51. The van der Waals surface area contributed by atoms with Gasteiger partial charge in [0.15, 0.2) is 0 Å². The molecule has 0 spiro atoms. The molecule has 3 aromatic rings. The van der Waals surface area contributed by atoms with Crippen LogP contribution in [0.1, 0.15) is 36.6 Å². The van der Waals surface area contributed by atoms with E-state index in [-0.39, 0.29) is 17.1 Å². The number of phenols is 1. The molecule has 0 aromatic heterocycles. The van der Waals surface area contributed by atoms with Crippen molar-refractivity contribution in [2.24, 2.45) is 0 Å². The maximum Gasteiger partial charge on any atom is 0.295 e. The Morgan fingerprint density at radius 2 is 1.57 bits per heavy atom. The van der Waals surface area contributed by atoms with Crippen molar-refractivity contribution in [2.45, 2.75) is 26.5 Å². The number of hydrogen-bond acceptors (Lipinski definition) is 6. The van der Waals surface area contributed by atoms with E-state index in [0.29, 0.717) is 36.6 Å². The molecule has 1 aliphatic heterocycles. The molecule has 7 heteroatoms. The summed E-state index contributed by atoms with van der Waals surface area (Å²) in [5.41, 5.74) is 2.12. The number of hydrogen-bond donors (Lipinski definition) is 2. The number of ketones is 1. The van der Waals surface area contributed by atoms with E-state index in [4.69, 9.17) is 4.74 Å². The summed E-state index contributed by atoms with van der Waals surface area (Å²) in [6.07, 6.45) is 0. The Kier molecular flexibility index (Phi) is 8.25. The maximum atomic E-state index is 13.2. The Hall–Kier alpha value is -4.10. The lowest BCUT2D eigenvalue weighted by atomic mass is 9.95. The van der Waals surface area contributed by atoms with Crippen LogP contribution in [0, 0.1) is 0 Å². The molecule has 1 amide bonds. The SMILES string of the molecule is CCN(CC)CCN1C(=O)C(=O)/C(=C(/O)c2ccc(OCc3ccccc3)cc2)[C@@H]1c1ccc(O)cc1. The summed E-state index contributed by atoms with van der Waals surface area (Å²) in [5, 5.41) is 21.0. The highest BCUT2D eigenvalue weighted by molar-refractivity contribution is 6.46. The number of phenolic OH excluding ortho intramolecular Hbond substituents is 1. The monoisotopic (exact) mass is 500 g/mol. The van der Waals surface area contributed by atoms with Crippen molar-refractivity contribution < 1.29 is 24.5 Å². The van der Waals surface area contributed by atoms with Gasteiger partial charge in [0.2, 0.25) is 0 Å². The molecule has 2 N–H and O–H groups in total. The molecule has 37 heavy (non-hydrogen) atoms. The zero-order chi connectivity index (χ0) is 26.4. The largest absolute Gasteiger partial charge is 0.508 e. The van der Waals surface area contributed by atoms with Crippen molar-refractivity contribution in [1.82, 2.24) is 9.80 Å². The number of ether oxygens (including phenoxy) is 1. The third-order valence-electron chi connectivity index (χ3n) is 6.68. The van der Waals surface area contributed by atoms with E-state index in [9.17, 15) is 19.8 Å². The van der Waals surface area contributed by atoms with Gasteiger partial charge in [-0.15, -0.1) is 0 Å². The number of likely N-dealkylation sites (N-methyl/N-ethyl adjacent to an activating group) is 1. The summed E-state index contributed by atoms with van der Waals surface area (Å²) < 4.78 is 5.83. The number of carbonyl (C=O) groups is 2. The molecule has 7 nitrogen and oxygen atoms in total. The number of nitrogens with zero attached hydrogens (tertiary/aromatic N) is 2. The number of aromatic hydroxyl groups is 1. The first kappa shape index (κ1) is 26.0. The van der Waals surface area contributed by atoms with E-state index in [1.165, 1.54) is 17.0 Å². The second kappa shape index (κ2) is 11.8. The van der Waals surface area contributed by atoms with Crippen LogP contribution in [0.15, 0.2) is 84.4 Å². The predicted octanol–water partition coefficient (Wildman–Crippen LogP) is 4.73. The predicted molar refractivity (Wildman–Crippen MR) is 142 cm³/mol. The van der Waals surface area contributed by atoms with Gasteiger partial charge in [-0.3, -0.25) is 9.59 Å². The van der Waals surface area contributed by atoms with Crippen LogP contribution < -0.4 is 4.74 Å². The number of Topliss-reactive ketones (excluding diaryl/α,β-unsaturated/α-hetero) is 1. The van der Waals surface area contributed by atoms with Gasteiger partial charge in [0.1, 0.15) is 23.9 Å². The molecule has 0 unspecified atom stereocenters. The van der Waals surface area contributed by atoms with Crippen molar-refractivity contribution in [3.8, 4) is 11.5 Å². The van der Waals surface area contributed by atoms with Crippen LogP contribution in [-0.4, -0.2) is 57.9 Å². The summed E-state index contributed by atoms with van der Waals surface area (Å²) >= 11 is 0. The number of aliphatic hydroxyl groups excluding tert-OH is 1. The van der Waals surface area contributed by atoms with Gasteiger partial charge in [-0.25, -0.2) is 0 Å². The number of amides is 1. The highest BCUT2D eigenvalue weighted by atomic mass is 16.5. The molecule has 0 radical (unpaired) electrons. The highest BCUT2D eigenvalue weighted by Crippen LogP contribution is 2.39. The van der Waals surface area contributed by atoms with Crippen LogP contribution in [0.25, 0.3) is 5.76 Å². The van der Waals surface area contributed by atoms with Crippen molar-refractivity contribution in [3.05, 3.63) is 101 Å². The minimum atomic E-state index is -0.759. The van der Waals surface area contributed by atoms with E-state index in [0.717, 1.165) is 18.7 Å². The number of benzene rings is 3. The molecule has 0 aliphatic carbocycles. The molecule has 1 aliphatic rings. The zero-order valence-corrected chi connectivity index (χ0v) is 21.1. The number of aliphatic hydroxyl groups is 1. The molecule has 1 fully saturated rings. The third-order valence-corrected chi connectivity index (χ3v) is 6.68.